The minimum absolute atomic E-state index is 0.0265. The number of carbonyl (C=O) groups is 3. The predicted octanol–water partition coefficient (Wildman–Crippen LogP) is 4.87. The molecule has 0 radical (unpaired) electrons. The van der Waals surface area contributed by atoms with E-state index in [1.807, 2.05) is 0 Å². The van der Waals surface area contributed by atoms with E-state index in [4.69, 9.17) is 0 Å². The van der Waals surface area contributed by atoms with E-state index in [1.54, 1.807) is 6.92 Å². The monoisotopic (exact) mass is 418 g/mol. The van der Waals surface area contributed by atoms with Crippen molar-refractivity contribution in [3.63, 3.8) is 0 Å². The largest absolute Gasteiger partial charge is 0.481 e. The number of carbonyl (C=O) groups excluding carboxylic acids is 2. The molecule has 4 aliphatic rings. The van der Waals surface area contributed by atoms with Crippen molar-refractivity contribution < 1.29 is 19.5 Å². The number of aliphatic carboxylic acids is 1. The molecule has 0 bridgehead atoms. The molecule has 0 aromatic heterocycles. The first-order chi connectivity index (χ1) is 13.6. The second-order valence-corrected chi connectivity index (χ2v) is 11.2. The van der Waals surface area contributed by atoms with E-state index in [0.717, 1.165) is 44.9 Å². The van der Waals surface area contributed by atoms with Crippen LogP contribution in [0.3, 0.4) is 0 Å². The number of fused-ring (bicyclic) bond motifs is 5. The average molecular weight is 419 g/mol. The zero-order valence-corrected chi connectivity index (χ0v) is 18.8. The maximum absolute atomic E-state index is 12.8. The minimum Gasteiger partial charge on any atom is -0.481 e. The van der Waals surface area contributed by atoms with Crippen LogP contribution in [0.4, 0.5) is 0 Å². The summed E-state index contributed by atoms with van der Waals surface area (Å²) in [6.07, 6.45) is 7.60. The SMILES string of the molecule is CC(=O)[C@H]1CC[C@H]2[C@@H]3CCC4=C(C(S)CC(=O)O)C(=O)CC[C@]4(C)[C@H]3CC[C@]12C. The van der Waals surface area contributed by atoms with Crippen LogP contribution in [0.15, 0.2) is 11.1 Å². The van der Waals surface area contributed by atoms with E-state index in [0.29, 0.717) is 35.5 Å². The average Bonchev–Trinajstić information content (AvgIpc) is 2.99. The van der Waals surface area contributed by atoms with Crippen LogP contribution in [0, 0.1) is 34.5 Å². The van der Waals surface area contributed by atoms with Crippen LogP contribution >= 0.6 is 12.6 Å². The van der Waals surface area contributed by atoms with Crippen molar-refractivity contribution in [3.8, 4) is 0 Å². The Hall–Kier alpha value is -1.10. The summed E-state index contributed by atoms with van der Waals surface area (Å²) in [5, 5.41) is 8.73. The van der Waals surface area contributed by atoms with E-state index in [9.17, 15) is 19.5 Å². The third-order valence-corrected chi connectivity index (χ3v) is 9.80. The van der Waals surface area contributed by atoms with Gasteiger partial charge in [-0.05, 0) is 80.5 Å². The van der Waals surface area contributed by atoms with Gasteiger partial charge in [-0.15, -0.1) is 0 Å². The maximum Gasteiger partial charge on any atom is 0.304 e. The standard InChI is InChI=1S/C24H34O4S/c1-13(25)15-6-7-16-14-4-5-18-22(20(29)12-21(27)28)19(26)9-11-24(18,3)17(14)8-10-23(15,16)2/h14-17,20,29H,4-12H2,1-3H3,(H,27,28)/t14-,15+,16-,17-,20?,23+,24+/m0/s1. The van der Waals surface area contributed by atoms with Crippen LogP contribution in [0.5, 0.6) is 0 Å². The number of hydrogen-bond acceptors (Lipinski definition) is 4. The predicted molar refractivity (Wildman–Crippen MR) is 115 cm³/mol. The zero-order chi connectivity index (χ0) is 21.1. The van der Waals surface area contributed by atoms with Crippen molar-refractivity contribution in [2.45, 2.75) is 83.8 Å². The summed E-state index contributed by atoms with van der Waals surface area (Å²) in [4.78, 5) is 36.3. The Balaban J connectivity index is 1.69. The maximum atomic E-state index is 12.8. The Morgan fingerprint density at radius 3 is 2.48 bits per heavy atom. The molecule has 29 heavy (non-hydrogen) atoms. The van der Waals surface area contributed by atoms with Gasteiger partial charge in [-0.1, -0.05) is 19.4 Å². The highest BCUT2D eigenvalue weighted by atomic mass is 32.1. The first kappa shape index (κ1) is 21.1. The number of carboxylic acids is 1. The molecule has 160 valence electrons. The number of ketones is 2. The molecule has 4 rings (SSSR count). The molecule has 0 heterocycles. The summed E-state index contributed by atoms with van der Waals surface area (Å²) in [5.74, 6) is 1.51. The molecule has 0 aliphatic heterocycles. The van der Waals surface area contributed by atoms with Gasteiger partial charge >= 0.3 is 5.97 Å². The van der Waals surface area contributed by atoms with Crippen LogP contribution < -0.4 is 0 Å². The molecule has 7 atom stereocenters. The van der Waals surface area contributed by atoms with Gasteiger partial charge in [0.25, 0.3) is 0 Å². The third-order valence-electron chi connectivity index (χ3n) is 9.36. The number of allylic oxidation sites excluding steroid dienone is 1. The van der Waals surface area contributed by atoms with E-state index in [2.05, 4.69) is 26.5 Å². The molecule has 3 fully saturated rings. The molecule has 0 aromatic rings. The van der Waals surface area contributed by atoms with Crippen LogP contribution in [0.25, 0.3) is 0 Å². The van der Waals surface area contributed by atoms with Crippen molar-refractivity contribution in [2.24, 2.45) is 34.5 Å². The topological polar surface area (TPSA) is 71.4 Å². The van der Waals surface area contributed by atoms with E-state index in [1.165, 1.54) is 5.57 Å². The first-order valence-corrected chi connectivity index (χ1v) is 11.8. The van der Waals surface area contributed by atoms with Gasteiger partial charge in [-0.3, -0.25) is 14.4 Å². The number of hydrogen-bond donors (Lipinski definition) is 2. The smallest absolute Gasteiger partial charge is 0.304 e. The highest BCUT2D eigenvalue weighted by molar-refractivity contribution is 7.81. The van der Waals surface area contributed by atoms with Gasteiger partial charge < -0.3 is 5.11 Å². The van der Waals surface area contributed by atoms with Crippen molar-refractivity contribution in [3.05, 3.63) is 11.1 Å². The van der Waals surface area contributed by atoms with E-state index >= 15 is 0 Å². The molecule has 1 unspecified atom stereocenters. The first-order valence-electron chi connectivity index (χ1n) is 11.3. The van der Waals surface area contributed by atoms with Crippen molar-refractivity contribution in [2.75, 3.05) is 0 Å². The van der Waals surface area contributed by atoms with E-state index in [-0.39, 0.29) is 29.0 Å². The molecule has 5 heteroatoms. The second kappa shape index (κ2) is 7.25. The van der Waals surface area contributed by atoms with Gasteiger partial charge in [0.1, 0.15) is 5.78 Å². The lowest BCUT2D eigenvalue weighted by atomic mass is 9.46. The fraction of sp³-hybridized carbons (Fsp3) is 0.792. The lowest BCUT2D eigenvalue weighted by molar-refractivity contribution is -0.137. The number of Topliss-reactive ketones (excluding diaryl/α,β-unsaturated/α-hetero) is 2. The molecule has 4 nitrogen and oxygen atoms in total. The fourth-order valence-electron chi connectivity index (χ4n) is 8.08. The Morgan fingerprint density at radius 2 is 1.83 bits per heavy atom. The minimum atomic E-state index is -0.901. The Bertz CT molecular complexity index is 786. The van der Waals surface area contributed by atoms with Gasteiger partial charge in [-0.2, -0.15) is 12.6 Å². The van der Waals surface area contributed by atoms with Crippen LogP contribution in [-0.4, -0.2) is 27.9 Å². The summed E-state index contributed by atoms with van der Waals surface area (Å²) in [5.41, 5.74) is 2.03. The summed E-state index contributed by atoms with van der Waals surface area (Å²) in [6.45, 7) is 6.45. The molecular formula is C24H34O4S. The van der Waals surface area contributed by atoms with Gasteiger partial charge in [0.05, 0.1) is 6.42 Å². The summed E-state index contributed by atoms with van der Waals surface area (Å²) in [7, 11) is 0. The summed E-state index contributed by atoms with van der Waals surface area (Å²) in [6, 6.07) is 0. The second-order valence-electron chi connectivity index (χ2n) is 10.5. The lowest BCUT2D eigenvalue weighted by Crippen LogP contribution is -2.52. The Kier molecular flexibility index (Phi) is 5.28. The summed E-state index contributed by atoms with van der Waals surface area (Å²) < 4.78 is 0. The molecule has 0 aromatic carbocycles. The van der Waals surface area contributed by atoms with Gasteiger partial charge in [-0.25, -0.2) is 0 Å². The molecule has 0 spiro atoms. The molecule has 0 amide bonds. The molecule has 1 N–H and O–H groups in total. The normalized spacial score (nSPS) is 42.7. The van der Waals surface area contributed by atoms with Crippen LogP contribution in [0.2, 0.25) is 0 Å². The highest BCUT2D eigenvalue weighted by Gasteiger charge is 2.60. The van der Waals surface area contributed by atoms with Crippen molar-refractivity contribution in [1.29, 1.82) is 0 Å². The Morgan fingerprint density at radius 1 is 1.10 bits per heavy atom. The van der Waals surface area contributed by atoms with Gasteiger partial charge in [0, 0.05) is 23.2 Å². The van der Waals surface area contributed by atoms with Crippen LogP contribution in [0.1, 0.15) is 78.6 Å². The molecule has 4 aliphatic carbocycles. The number of thiol groups is 1. The van der Waals surface area contributed by atoms with Gasteiger partial charge in [0.2, 0.25) is 0 Å². The molecule has 0 saturated heterocycles. The molecule has 3 saturated carbocycles. The van der Waals surface area contributed by atoms with Gasteiger partial charge in [0.15, 0.2) is 5.78 Å². The number of rotatable bonds is 4. The zero-order valence-electron chi connectivity index (χ0n) is 17.9. The Labute approximate surface area is 179 Å². The van der Waals surface area contributed by atoms with Crippen LogP contribution in [-0.2, 0) is 14.4 Å². The molecular weight excluding hydrogens is 384 g/mol. The lowest BCUT2D eigenvalue weighted by Gasteiger charge is -2.58. The summed E-state index contributed by atoms with van der Waals surface area (Å²) >= 11 is 4.55. The van der Waals surface area contributed by atoms with Crippen molar-refractivity contribution in [1.82, 2.24) is 0 Å². The highest BCUT2D eigenvalue weighted by Crippen LogP contribution is 2.67. The van der Waals surface area contributed by atoms with E-state index < -0.39 is 11.2 Å². The fourth-order valence-corrected chi connectivity index (χ4v) is 8.53. The van der Waals surface area contributed by atoms with Crippen molar-refractivity contribution >= 4 is 30.2 Å². The number of carboxylic acid groups (broad SMARTS) is 1. The third kappa shape index (κ3) is 3.14. The quantitative estimate of drug-likeness (QED) is 0.639.